The van der Waals surface area contributed by atoms with Gasteiger partial charge in [-0.25, -0.2) is 0 Å². The van der Waals surface area contributed by atoms with Crippen molar-refractivity contribution in [1.82, 2.24) is 15.8 Å². The lowest BCUT2D eigenvalue weighted by Crippen LogP contribution is -2.43. The summed E-state index contributed by atoms with van der Waals surface area (Å²) in [5.74, 6) is -1.72. The fraction of sp³-hybridized carbons (Fsp3) is 0.125. The number of aromatic nitrogens is 1. The Labute approximate surface area is 152 Å². The number of hydrazine groups is 1. The van der Waals surface area contributed by atoms with Crippen LogP contribution in [0.5, 0.6) is 0 Å². The number of hydrogen-bond acceptors (Lipinski definition) is 7. The molecule has 1 heterocycles. The number of hydrogen-bond donors (Lipinski definition) is 3. The fourth-order valence-corrected chi connectivity index (χ4v) is 1.84. The van der Waals surface area contributed by atoms with Gasteiger partial charge in [-0.2, -0.15) is 0 Å². The zero-order valence-corrected chi connectivity index (χ0v) is 13.9. The van der Waals surface area contributed by atoms with Gasteiger partial charge in [-0.3, -0.25) is 40.3 Å². The number of pyridine rings is 1. The maximum atomic E-state index is 11.7. The second-order valence-electron chi connectivity index (χ2n) is 5.08. The van der Waals surface area contributed by atoms with Crippen molar-refractivity contribution in [1.29, 1.82) is 0 Å². The number of ether oxygens (including phenoxy) is 1. The summed E-state index contributed by atoms with van der Waals surface area (Å²) in [6.45, 7) is -0.868. The molecule has 0 atom stereocenters. The first-order valence-corrected chi connectivity index (χ1v) is 7.57. The van der Waals surface area contributed by atoms with E-state index in [0.29, 0.717) is 11.3 Å². The number of carbonyl (C=O) groups is 3. The number of nitro groups is 1. The minimum Gasteiger partial charge on any atom is -0.362 e. The zero-order valence-electron chi connectivity index (χ0n) is 13.9. The van der Waals surface area contributed by atoms with E-state index in [4.69, 9.17) is 4.74 Å². The van der Waals surface area contributed by atoms with Gasteiger partial charge >= 0.3 is 0 Å². The summed E-state index contributed by atoms with van der Waals surface area (Å²) in [6.07, 6.45) is 2.87. The van der Waals surface area contributed by atoms with Gasteiger partial charge in [0.2, 0.25) is 5.91 Å². The van der Waals surface area contributed by atoms with E-state index in [9.17, 15) is 24.5 Å². The maximum Gasteiger partial charge on any atom is 0.269 e. The topological polar surface area (TPSA) is 153 Å². The van der Waals surface area contributed by atoms with Gasteiger partial charge in [-0.05, 0) is 24.3 Å². The Bertz CT molecular complexity index is 825. The number of nitrogens with one attached hydrogen (secondary N) is 3. The van der Waals surface area contributed by atoms with Gasteiger partial charge in [0.25, 0.3) is 17.5 Å². The summed E-state index contributed by atoms with van der Waals surface area (Å²) in [5, 5.41) is 13.0. The third-order valence-corrected chi connectivity index (χ3v) is 3.09. The van der Waals surface area contributed by atoms with Gasteiger partial charge in [-0.1, -0.05) is 0 Å². The third kappa shape index (κ3) is 6.51. The summed E-state index contributed by atoms with van der Waals surface area (Å²) >= 11 is 0. The van der Waals surface area contributed by atoms with Crippen molar-refractivity contribution in [3.63, 3.8) is 0 Å². The molecule has 1 aromatic carbocycles. The third-order valence-electron chi connectivity index (χ3n) is 3.09. The highest BCUT2D eigenvalue weighted by molar-refractivity contribution is 5.95. The van der Waals surface area contributed by atoms with Crippen molar-refractivity contribution >= 4 is 29.1 Å². The number of carbonyl (C=O) groups excluding carboxylic acids is 3. The van der Waals surface area contributed by atoms with Gasteiger partial charge in [0.1, 0.15) is 13.2 Å². The van der Waals surface area contributed by atoms with Crippen LogP contribution in [0.3, 0.4) is 0 Å². The smallest absolute Gasteiger partial charge is 0.269 e. The molecule has 0 spiro atoms. The quantitative estimate of drug-likeness (QED) is 0.469. The molecule has 0 fully saturated rings. The summed E-state index contributed by atoms with van der Waals surface area (Å²) in [6, 6.07) is 8.18. The lowest BCUT2D eigenvalue weighted by Gasteiger charge is -2.08. The van der Waals surface area contributed by atoms with Crippen molar-refractivity contribution in [2.24, 2.45) is 0 Å². The number of nitro benzene ring substituents is 1. The lowest BCUT2D eigenvalue weighted by atomic mass is 10.3. The lowest BCUT2D eigenvalue weighted by molar-refractivity contribution is -0.384. The van der Waals surface area contributed by atoms with Crippen LogP contribution in [0.25, 0.3) is 0 Å². The molecule has 0 saturated heterocycles. The van der Waals surface area contributed by atoms with E-state index in [1.807, 2.05) is 0 Å². The maximum absolute atomic E-state index is 11.7. The van der Waals surface area contributed by atoms with E-state index >= 15 is 0 Å². The molecule has 0 unspecified atom stereocenters. The first kappa shape index (κ1) is 19.5. The summed E-state index contributed by atoms with van der Waals surface area (Å²) in [4.78, 5) is 48.7. The number of nitrogens with zero attached hydrogens (tertiary/aromatic N) is 2. The molecule has 0 aliphatic carbocycles. The summed E-state index contributed by atoms with van der Waals surface area (Å²) in [7, 11) is 0. The Morgan fingerprint density at radius 1 is 0.963 bits per heavy atom. The Kier molecular flexibility index (Phi) is 6.91. The van der Waals surface area contributed by atoms with Crippen LogP contribution >= 0.6 is 0 Å². The minimum atomic E-state index is -0.652. The predicted molar refractivity (Wildman–Crippen MR) is 92.4 cm³/mol. The van der Waals surface area contributed by atoms with Crippen molar-refractivity contribution in [3.8, 4) is 0 Å². The van der Waals surface area contributed by atoms with Crippen LogP contribution in [0.2, 0.25) is 0 Å². The summed E-state index contributed by atoms with van der Waals surface area (Å²) < 4.78 is 4.94. The largest absolute Gasteiger partial charge is 0.362 e. The van der Waals surface area contributed by atoms with Crippen LogP contribution in [0.1, 0.15) is 10.4 Å². The fourth-order valence-electron chi connectivity index (χ4n) is 1.84. The first-order valence-electron chi connectivity index (χ1n) is 7.57. The van der Waals surface area contributed by atoms with Gasteiger partial charge in [0.15, 0.2) is 0 Å². The van der Waals surface area contributed by atoms with Crippen LogP contribution in [-0.2, 0) is 14.3 Å². The molecule has 0 aliphatic heterocycles. The summed E-state index contributed by atoms with van der Waals surface area (Å²) in [5.41, 5.74) is 4.89. The highest BCUT2D eigenvalue weighted by Crippen LogP contribution is 2.15. The molecule has 0 saturated carbocycles. The molecule has 3 amide bonds. The average Bonchev–Trinajstić information content (AvgIpc) is 2.67. The highest BCUT2D eigenvalue weighted by Gasteiger charge is 2.09. The Balaban J connectivity index is 1.66. The van der Waals surface area contributed by atoms with Gasteiger partial charge in [-0.15, -0.1) is 0 Å². The van der Waals surface area contributed by atoms with Crippen molar-refractivity contribution in [3.05, 3.63) is 64.5 Å². The highest BCUT2D eigenvalue weighted by atomic mass is 16.6. The second kappa shape index (κ2) is 9.58. The average molecular weight is 373 g/mol. The first-order chi connectivity index (χ1) is 13.0. The molecule has 0 radical (unpaired) electrons. The molecule has 2 aromatic rings. The minimum absolute atomic E-state index is 0.102. The van der Waals surface area contributed by atoms with Crippen LogP contribution in [0.15, 0.2) is 48.8 Å². The zero-order chi connectivity index (χ0) is 19.6. The van der Waals surface area contributed by atoms with Crippen molar-refractivity contribution in [2.75, 3.05) is 18.5 Å². The van der Waals surface area contributed by atoms with Crippen molar-refractivity contribution < 1.29 is 24.0 Å². The molecular formula is C16H15N5O6. The monoisotopic (exact) mass is 373 g/mol. The molecule has 140 valence electrons. The normalized spacial score (nSPS) is 9.93. The number of anilines is 1. The molecule has 1 aromatic heterocycles. The molecule has 11 heteroatoms. The number of amides is 3. The predicted octanol–water partition coefficient (Wildman–Crippen LogP) is 0.406. The van der Waals surface area contributed by atoms with Crippen LogP contribution in [0, 0.1) is 10.1 Å². The van der Waals surface area contributed by atoms with E-state index in [0.717, 1.165) is 0 Å². The molecule has 27 heavy (non-hydrogen) atoms. The van der Waals surface area contributed by atoms with Gasteiger partial charge < -0.3 is 10.1 Å². The Morgan fingerprint density at radius 2 is 1.59 bits per heavy atom. The number of rotatable bonds is 7. The molecule has 0 aliphatic rings. The molecule has 0 bridgehead atoms. The second-order valence-corrected chi connectivity index (χ2v) is 5.08. The SMILES string of the molecule is O=C(COCC(=O)Nc1ccc([N+](=O)[O-])cc1)NNC(=O)c1ccncc1. The number of benzene rings is 1. The van der Waals surface area contributed by atoms with E-state index < -0.39 is 35.9 Å². The van der Waals surface area contributed by atoms with Gasteiger partial charge in [0.05, 0.1) is 4.92 Å². The standard InChI is InChI=1S/C16H15N5O6/c22-14(18-12-1-3-13(4-2-12)21(25)26)9-27-10-15(23)19-20-16(24)11-5-7-17-8-6-11/h1-8H,9-10H2,(H,18,22)(H,19,23)(H,20,24). The van der Waals surface area contributed by atoms with E-state index in [1.54, 1.807) is 0 Å². The molecular weight excluding hydrogens is 358 g/mol. The van der Waals surface area contributed by atoms with Crippen molar-refractivity contribution in [2.45, 2.75) is 0 Å². The van der Waals surface area contributed by atoms with E-state index in [-0.39, 0.29) is 5.69 Å². The van der Waals surface area contributed by atoms with E-state index in [1.165, 1.54) is 48.8 Å². The van der Waals surface area contributed by atoms with Crippen LogP contribution in [0.4, 0.5) is 11.4 Å². The van der Waals surface area contributed by atoms with E-state index in [2.05, 4.69) is 21.2 Å². The Morgan fingerprint density at radius 3 is 2.22 bits per heavy atom. The molecule has 11 nitrogen and oxygen atoms in total. The molecule has 3 N–H and O–H groups in total. The molecule has 2 rings (SSSR count). The van der Waals surface area contributed by atoms with Gasteiger partial charge in [0, 0.05) is 35.8 Å². The Hall–Kier alpha value is -3.86. The number of non-ortho nitro benzene ring substituents is 1. The van der Waals surface area contributed by atoms with Crippen LogP contribution in [-0.4, -0.2) is 40.8 Å². The van der Waals surface area contributed by atoms with Crippen LogP contribution < -0.4 is 16.2 Å².